The van der Waals surface area contributed by atoms with Crippen molar-refractivity contribution in [2.75, 3.05) is 47.5 Å². The first-order chi connectivity index (χ1) is 25.0. The highest BCUT2D eigenvalue weighted by atomic mass is 31.2. The Bertz CT molecular complexity index is 1030. The average molecular weight is 755 g/mol. The van der Waals surface area contributed by atoms with Crippen LogP contribution in [0.4, 0.5) is 0 Å². The highest BCUT2D eigenvalue weighted by Gasteiger charge is 2.26. The topological polar surface area (TPSA) is 108 Å². The molecule has 1 N–H and O–H groups in total. The van der Waals surface area contributed by atoms with Gasteiger partial charge in [0, 0.05) is 12.2 Å². The highest BCUT2D eigenvalue weighted by Crippen LogP contribution is 2.43. The van der Waals surface area contributed by atoms with Gasteiger partial charge in [0.25, 0.3) is 0 Å². The van der Waals surface area contributed by atoms with E-state index in [9.17, 15) is 19.0 Å². The molecule has 52 heavy (non-hydrogen) atoms. The van der Waals surface area contributed by atoms with Crippen LogP contribution in [0.5, 0.6) is 0 Å². The molecule has 0 aliphatic carbocycles. The highest BCUT2D eigenvalue weighted by molar-refractivity contribution is 7.47. The monoisotopic (exact) mass is 755 g/mol. The molecule has 0 aromatic rings. The summed E-state index contributed by atoms with van der Waals surface area (Å²) in [5.74, 6) is -1.31. The number of carbonyl (C=O) groups is 2. The van der Waals surface area contributed by atoms with E-state index >= 15 is 0 Å². The van der Waals surface area contributed by atoms with Crippen molar-refractivity contribution in [2.24, 2.45) is 0 Å². The van der Waals surface area contributed by atoms with Gasteiger partial charge in [-0.25, -0.2) is 14.2 Å². The van der Waals surface area contributed by atoms with E-state index in [-0.39, 0.29) is 13.2 Å². The number of ether oxygens (including phenoxy) is 2. The normalized spacial score (nSPS) is 14.2. The van der Waals surface area contributed by atoms with Crippen molar-refractivity contribution in [1.29, 1.82) is 0 Å². The van der Waals surface area contributed by atoms with Crippen LogP contribution in [-0.2, 0) is 32.7 Å². The van der Waals surface area contributed by atoms with Gasteiger partial charge in [-0.2, -0.15) is 0 Å². The van der Waals surface area contributed by atoms with Crippen molar-refractivity contribution >= 4 is 19.8 Å². The van der Waals surface area contributed by atoms with E-state index in [0.29, 0.717) is 11.0 Å². The third-order valence-corrected chi connectivity index (χ3v) is 9.53. The van der Waals surface area contributed by atoms with Crippen LogP contribution in [0, 0.1) is 0 Å². The molecular formula is C42H77NO8P+. The number of likely N-dealkylation sites (N-methyl/N-ethyl adjacent to an activating group) is 1. The maximum atomic E-state index is 12.5. The van der Waals surface area contributed by atoms with Gasteiger partial charge >= 0.3 is 19.8 Å². The molecule has 0 radical (unpaired) electrons. The SMILES string of the molecule is CCCCCCCCCCC/C=C/C=C/C(=O)OC[C@H](COP(=O)(O)OCC[N+](C)(C)C)OC(=O)/C=C/C=C/CCCCCCCCCCCCC. The van der Waals surface area contributed by atoms with Gasteiger partial charge < -0.3 is 18.9 Å². The molecule has 0 bridgehead atoms. The third-order valence-electron chi connectivity index (χ3n) is 8.54. The summed E-state index contributed by atoms with van der Waals surface area (Å²) in [6.07, 6.45) is 40.0. The van der Waals surface area contributed by atoms with Crippen LogP contribution in [0.25, 0.3) is 0 Å². The summed E-state index contributed by atoms with van der Waals surface area (Å²) in [6.45, 7) is 4.14. The van der Waals surface area contributed by atoms with Crippen LogP contribution in [0.15, 0.2) is 48.6 Å². The fourth-order valence-electron chi connectivity index (χ4n) is 5.30. The molecule has 0 aromatic heterocycles. The number of phosphoric acid groups is 1. The molecule has 0 aromatic carbocycles. The van der Waals surface area contributed by atoms with Gasteiger partial charge in [-0.1, -0.05) is 166 Å². The summed E-state index contributed by atoms with van der Waals surface area (Å²) in [5.41, 5.74) is 0. The molecule has 0 saturated heterocycles. The second kappa shape index (κ2) is 34.7. The summed E-state index contributed by atoms with van der Waals surface area (Å²) in [6, 6.07) is 0. The van der Waals surface area contributed by atoms with E-state index in [1.165, 1.54) is 128 Å². The number of unbranched alkanes of at least 4 members (excludes halogenated alkanes) is 20. The lowest BCUT2D eigenvalue weighted by molar-refractivity contribution is -0.870. The van der Waals surface area contributed by atoms with Gasteiger partial charge in [0.1, 0.15) is 19.8 Å². The van der Waals surface area contributed by atoms with Crippen molar-refractivity contribution in [3.8, 4) is 0 Å². The lowest BCUT2D eigenvalue weighted by Gasteiger charge is -2.24. The Balaban J connectivity index is 4.63. The van der Waals surface area contributed by atoms with Gasteiger partial charge in [0.2, 0.25) is 0 Å². The largest absolute Gasteiger partial charge is 0.472 e. The van der Waals surface area contributed by atoms with Crippen molar-refractivity contribution < 1.29 is 42.1 Å². The van der Waals surface area contributed by atoms with E-state index in [0.717, 1.165) is 25.7 Å². The second-order valence-corrected chi connectivity index (χ2v) is 16.3. The van der Waals surface area contributed by atoms with E-state index in [2.05, 4.69) is 13.8 Å². The first-order valence-corrected chi connectivity index (χ1v) is 21.9. The van der Waals surface area contributed by atoms with Crippen LogP contribution >= 0.6 is 7.82 Å². The molecule has 9 nitrogen and oxygen atoms in total. The molecule has 302 valence electrons. The van der Waals surface area contributed by atoms with Crippen molar-refractivity contribution in [3.05, 3.63) is 48.6 Å². The number of quaternary nitrogens is 1. The maximum absolute atomic E-state index is 12.5. The van der Waals surface area contributed by atoms with Crippen LogP contribution < -0.4 is 0 Å². The first kappa shape index (κ1) is 50.0. The molecular weight excluding hydrogens is 677 g/mol. The predicted octanol–water partition coefficient (Wildman–Crippen LogP) is 11.1. The molecule has 0 saturated carbocycles. The van der Waals surface area contributed by atoms with Gasteiger partial charge in [0.05, 0.1) is 27.7 Å². The Hall–Kier alpha value is -2.03. The Labute approximate surface area is 318 Å². The number of esters is 2. The molecule has 10 heteroatoms. The van der Waals surface area contributed by atoms with Crippen molar-refractivity contribution in [1.82, 2.24) is 0 Å². The average Bonchev–Trinajstić information content (AvgIpc) is 3.09. The van der Waals surface area contributed by atoms with E-state index in [1.54, 1.807) is 18.2 Å². The second-order valence-electron chi connectivity index (χ2n) is 14.8. The zero-order valence-electron chi connectivity index (χ0n) is 33.8. The summed E-state index contributed by atoms with van der Waals surface area (Å²) < 4.78 is 33.8. The number of phosphoric ester groups is 1. The third kappa shape index (κ3) is 37.7. The Morgan fingerprint density at radius 1 is 0.596 bits per heavy atom. The molecule has 0 aliphatic heterocycles. The minimum Gasteiger partial charge on any atom is -0.458 e. The molecule has 0 aliphatic rings. The quantitative estimate of drug-likeness (QED) is 0.0168. The van der Waals surface area contributed by atoms with E-state index in [1.807, 2.05) is 39.4 Å². The molecule has 1 unspecified atom stereocenters. The minimum absolute atomic E-state index is 0.00240. The predicted molar refractivity (Wildman–Crippen MR) is 215 cm³/mol. The molecule has 0 heterocycles. The Morgan fingerprint density at radius 3 is 1.46 bits per heavy atom. The van der Waals surface area contributed by atoms with Gasteiger partial charge in [-0.05, 0) is 25.7 Å². The van der Waals surface area contributed by atoms with Crippen LogP contribution in [0.1, 0.15) is 155 Å². The first-order valence-electron chi connectivity index (χ1n) is 20.4. The van der Waals surface area contributed by atoms with Crippen molar-refractivity contribution in [2.45, 2.75) is 161 Å². The number of rotatable bonds is 36. The number of hydrogen-bond donors (Lipinski definition) is 1. The molecule has 0 fully saturated rings. The number of carbonyl (C=O) groups excluding carboxylic acids is 2. The van der Waals surface area contributed by atoms with Crippen LogP contribution in [-0.4, -0.2) is 74.9 Å². The Morgan fingerprint density at radius 2 is 1.02 bits per heavy atom. The zero-order chi connectivity index (χ0) is 38.6. The zero-order valence-corrected chi connectivity index (χ0v) is 34.7. The van der Waals surface area contributed by atoms with Crippen molar-refractivity contribution in [3.63, 3.8) is 0 Å². The maximum Gasteiger partial charge on any atom is 0.472 e. The van der Waals surface area contributed by atoms with E-state index in [4.69, 9.17) is 18.5 Å². The van der Waals surface area contributed by atoms with Gasteiger partial charge in [0.15, 0.2) is 6.10 Å². The lowest BCUT2D eigenvalue weighted by Crippen LogP contribution is -2.37. The molecule has 2 atom stereocenters. The van der Waals surface area contributed by atoms with Crippen LogP contribution in [0.2, 0.25) is 0 Å². The molecule has 0 spiro atoms. The molecule has 0 amide bonds. The summed E-state index contributed by atoms with van der Waals surface area (Å²) in [5, 5.41) is 0. The minimum atomic E-state index is -4.41. The van der Waals surface area contributed by atoms with Gasteiger partial charge in [-0.3, -0.25) is 9.05 Å². The lowest BCUT2D eigenvalue weighted by atomic mass is 10.1. The summed E-state index contributed by atoms with van der Waals surface area (Å²) >= 11 is 0. The fourth-order valence-corrected chi connectivity index (χ4v) is 6.05. The van der Waals surface area contributed by atoms with Crippen LogP contribution in [0.3, 0.4) is 0 Å². The fraction of sp³-hybridized carbons (Fsp3) is 0.762. The summed E-state index contributed by atoms with van der Waals surface area (Å²) in [4.78, 5) is 35.0. The molecule has 0 rings (SSSR count). The standard InChI is InChI=1S/C42H76NO8P/c1-6-8-10-12-14-16-18-20-21-23-25-27-29-31-33-35-42(45)51-40(39-50-52(46,47)49-37-36-43(3,4)5)38-48-41(44)34-32-30-28-26-24-22-19-17-15-13-11-9-7-2/h28-35,40H,6-27,36-39H2,1-5H3/p+1/b30-28+,31-29+,34-32+,35-33+/t40-/m1/s1. The number of nitrogens with zero attached hydrogens (tertiary/aromatic N) is 1. The number of allylic oxidation sites excluding steroid dienone is 6. The number of hydrogen-bond acceptors (Lipinski definition) is 7. The van der Waals surface area contributed by atoms with E-state index < -0.39 is 32.5 Å². The van der Waals surface area contributed by atoms with Gasteiger partial charge in [-0.15, -0.1) is 0 Å². The Kier molecular flexibility index (Phi) is 33.4. The smallest absolute Gasteiger partial charge is 0.458 e. The summed E-state index contributed by atoms with van der Waals surface area (Å²) in [7, 11) is 1.38.